The molecule has 0 bridgehead atoms. The third kappa shape index (κ3) is 9.37. The van der Waals surface area contributed by atoms with E-state index in [0.29, 0.717) is 24.3 Å². The van der Waals surface area contributed by atoms with Gasteiger partial charge in [-0.25, -0.2) is 4.79 Å². The monoisotopic (exact) mass is 583 g/mol. The van der Waals surface area contributed by atoms with Crippen molar-refractivity contribution in [3.63, 3.8) is 0 Å². The zero-order valence-electron chi connectivity index (χ0n) is 25.0. The first-order valence-corrected chi connectivity index (χ1v) is 14.4. The smallest absolute Gasteiger partial charge is 0.337 e. The molecule has 3 atom stereocenters. The molecular formula is C35H41N3O5. The average Bonchev–Trinajstić information content (AvgIpc) is 3.18. The van der Waals surface area contributed by atoms with Crippen molar-refractivity contribution in [2.24, 2.45) is 11.7 Å². The number of aliphatic hydroxyl groups is 1. The summed E-state index contributed by atoms with van der Waals surface area (Å²) in [6, 6.07) is 2.10. The highest BCUT2D eigenvalue weighted by atomic mass is 16.5. The number of carbonyl (C=O) groups is 2. The van der Waals surface area contributed by atoms with Crippen molar-refractivity contribution in [1.82, 2.24) is 4.90 Å². The first-order valence-electron chi connectivity index (χ1n) is 14.4. The first-order chi connectivity index (χ1) is 20.7. The quantitative estimate of drug-likeness (QED) is 0.142. The van der Waals surface area contributed by atoms with Crippen LogP contribution >= 0.6 is 0 Å². The Kier molecular flexibility index (Phi) is 12.7. The van der Waals surface area contributed by atoms with Crippen LogP contribution in [-0.4, -0.2) is 66.9 Å². The second-order valence-electron chi connectivity index (χ2n) is 10.8. The second-order valence-corrected chi connectivity index (χ2v) is 10.8. The summed E-state index contributed by atoms with van der Waals surface area (Å²) in [5.74, 6) is -1.36. The molecule has 0 spiro atoms. The van der Waals surface area contributed by atoms with Gasteiger partial charge in [0, 0.05) is 30.7 Å². The van der Waals surface area contributed by atoms with Crippen molar-refractivity contribution >= 4 is 11.9 Å². The Morgan fingerprint density at radius 3 is 2.88 bits per heavy atom. The van der Waals surface area contributed by atoms with E-state index in [2.05, 4.69) is 18.4 Å². The number of nitrogens with zero attached hydrogens (tertiary/aromatic N) is 2. The lowest BCUT2D eigenvalue weighted by molar-refractivity contribution is -0.141. The molecule has 3 rings (SSSR count). The summed E-state index contributed by atoms with van der Waals surface area (Å²) in [7, 11) is 1.62. The van der Waals surface area contributed by atoms with Gasteiger partial charge in [0.25, 0.3) is 0 Å². The molecule has 1 saturated heterocycles. The van der Waals surface area contributed by atoms with Gasteiger partial charge in [0.1, 0.15) is 6.61 Å². The summed E-state index contributed by atoms with van der Waals surface area (Å²) < 4.78 is 11.0. The summed E-state index contributed by atoms with van der Waals surface area (Å²) in [6.45, 7) is 6.25. The van der Waals surface area contributed by atoms with E-state index in [0.717, 1.165) is 18.4 Å². The van der Waals surface area contributed by atoms with Crippen LogP contribution in [0.2, 0.25) is 0 Å². The predicted octanol–water partition coefficient (Wildman–Crippen LogP) is 4.47. The molecule has 8 nitrogen and oxygen atoms in total. The molecule has 0 aromatic heterocycles. The number of nitriles is 1. The number of aliphatic hydroxyl groups excluding tert-OH is 1. The van der Waals surface area contributed by atoms with Crippen LogP contribution in [0.15, 0.2) is 113 Å². The molecule has 8 heteroatoms. The lowest BCUT2D eigenvalue weighted by Crippen LogP contribution is -2.49. The summed E-state index contributed by atoms with van der Waals surface area (Å²) in [6.07, 6.45) is 23.6. The third-order valence-electron chi connectivity index (χ3n) is 7.46. The van der Waals surface area contributed by atoms with Gasteiger partial charge >= 0.3 is 5.97 Å². The molecule has 0 aromatic carbocycles. The number of hydrogen-bond donors (Lipinski definition) is 2. The molecular weight excluding hydrogens is 542 g/mol. The molecule has 1 aliphatic heterocycles. The van der Waals surface area contributed by atoms with Crippen LogP contribution in [-0.2, 0) is 19.1 Å². The minimum atomic E-state index is -1.21. The maximum atomic E-state index is 13.7. The van der Waals surface area contributed by atoms with Crippen LogP contribution < -0.4 is 5.73 Å². The number of allylic oxidation sites excluding steroid dienone is 12. The molecule has 2 aliphatic carbocycles. The fraction of sp³-hybridized carbons (Fsp3) is 0.371. The van der Waals surface area contributed by atoms with Crippen molar-refractivity contribution in [3.05, 3.63) is 113 Å². The zero-order valence-corrected chi connectivity index (χ0v) is 25.0. The van der Waals surface area contributed by atoms with Crippen LogP contribution in [0.1, 0.15) is 32.6 Å². The maximum absolute atomic E-state index is 13.7. The predicted molar refractivity (Wildman–Crippen MR) is 167 cm³/mol. The van der Waals surface area contributed by atoms with E-state index in [4.69, 9.17) is 15.2 Å². The van der Waals surface area contributed by atoms with Crippen molar-refractivity contribution in [2.45, 2.75) is 44.2 Å². The Morgan fingerprint density at radius 1 is 1.35 bits per heavy atom. The Bertz CT molecular complexity index is 1390. The van der Waals surface area contributed by atoms with Crippen LogP contribution in [0, 0.1) is 17.2 Å². The lowest BCUT2D eigenvalue weighted by atomic mass is 9.89. The normalized spacial score (nSPS) is 20.4. The number of likely N-dealkylation sites (tertiary alicyclic amines) is 1. The molecule has 226 valence electrons. The van der Waals surface area contributed by atoms with Gasteiger partial charge in [-0.05, 0) is 68.1 Å². The molecule has 0 radical (unpaired) electrons. The molecule has 0 saturated carbocycles. The molecule has 3 unspecified atom stereocenters. The van der Waals surface area contributed by atoms with Gasteiger partial charge in [0.15, 0.2) is 0 Å². The number of hydrogen-bond acceptors (Lipinski definition) is 7. The number of carbonyl (C=O) groups excluding carboxylic acids is 2. The van der Waals surface area contributed by atoms with Gasteiger partial charge in [-0.15, -0.1) is 5.73 Å². The minimum Gasteiger partial charge on any atom is -0.460 e. The number of ether oxygens (including phenoxy) is 2. The lowest BCUT2D eigenvalue weighted by Gasteiger charge is -2.27. The topological polar surface area (TPSA) is 126 Å². The number of esters is 1. The van der Waals surface area contributed by atoms with Crippen LogP contribution in [0.3, 0.4) is 0 Å². The molecule has 3 aliphatic rings. The SMILES string of the molecule is C=C(C#N)C(C=C/C=C\C)C1=CC(C(=O)OCC(N)(CO)CC2=CC=C=CC=C2)=CCC(C(=O)N2CCCC2COC)=C1. The Balaban J connectivity index is 1.91. The highest BCUT2D eigenvalue weighted by Crippen LogP contribution is 2.31. The van der Waals surface area contributed by atoms with Gasteiger partial charge in [-0.1, -0.05) is 55.2 Å². The number of methoxy groups -OCH3 is 1. The molecule has 43 heavy (non-hydrogen) atoms. The Hall–Kier alpha value is -4.25. The van der Waals surface area contributed by atoms with E-state index < -0.39 is 24.0 Å². The van der Waals surface area contributed by atoms with Gasteiger partial charge in [-0.3, -0.25) is 4.79 Å². The third-order valence-corrected chi connectivity index (χ3v) is 7.46. The van der Waals surface area contributed by atoms with Gasteiger partial charge < -0.3 is 25.2 Å². The van der Waals surface area contributed by atoms with Gasteiger partial charge in [0.05, 0.1) is 36.4 Å². The molecule has 1 heterocycles. The molecule has 3 N–H and O–H groups in total. The fourth-order valence-corrected chi connectivity index (χ4v) is 5.13. The first kappa shape index (κ1) is 33.3. The molecule has 1 amide bonds. The van der Waals surface area contributed by atoms with Crippen LogP contribution in [0.4, 0.5) is 0 Å². The van der Waals surface area contributed by atoms with Crippen LogP contribution in [0.5, 0.6) is 0 Å². The van der Waals surface area contributed by atoms with E-state index in [-0.39, 0.29) is 42.5 Å². The number of rotatable bonds is 13. The summed E-state index contributed by atoms with van der Waals surface area (Å²) in [4.78, 5) is 29.0. The fourth-order valence-electron chi connectivity index (χ4n) is 5.13. The number of amides is 1. The van der Waals surface area contributed by atoms with Crippen molar-refractivity contribution in [2.75, 3.05) is 33.5 Å². The largest absolute Gasteiger partial charge is 0.460 e. The van der Waals surface area contributed by atoms with Crippen molar-refractivity contribution in [1.29, 1.82) is 5.26 Å². The van der Waals surface area contributed by atoms with Crippen molar-refractivity contribution < 1.29 is 24.2 Å². The van der Waals surface area contributed by atoms with Crippen molar-refractivity contribution in [3.8, 4) is 6.07 Å². The van der Waals surface area contributed by atoms with E-state index >= 15 is 0 Å². The second kappa shape index (κ2) is 16.4. The average molecular weight is 584 g/mol. The summed E-state index contributed by atoms with van der Waals surface area (Å²) in [5.41, 5.74) is 10.6. The van der Waals surface area contributed by atoms with E-state index in [1.54, 1.807) is 43.6 Å². The number of nitrogens with two attached hydrogens (primary N) is 1. The summed E-state index contributed by atoms with van der Waals surface area (Å²) >= 11 is 0. The molecule has 1 fully saturated rings. The van der Waals surface area contributed by atoms with Crippen LogP contribution in [0.25, 0.3) is 0 Å². The van der Waals surface area contributed by atoms with Gasteiger partial charge in [0.2, 0.25) is 5.91 Å². The highest BCUT2D eigenvalue weighted by molar-refractivity contribution is 5.97. The van der Waals surface area contributed by atoms with E-state index in [1.807, 2.05) is 48.3 Å². The zero-order chi connectivity index (χ0) is 31.2. The van der Waals surface area contributed by atoms with E-state index in [1.165, 1.54) is 0 Å². The summed E-state index contributed by atoms with van der Waals surface area (Å²) in [5, 5.41) is 19.8. The minimum absolute atomic E-state index is 0.0252. The Morgan fingerprint density at radius 2 is 2.16 bits per heavy atom. The molecule has 0 aromatic rings. The van der Waals surface area contributed by atoms with Gasteiger partial charge in [-0.2, -0.15) is 5.26 Å². The standard InChI is InChI=1S/C35H41N3O5/c1-4-5-8-15-32(26(2)22-36)30-19-28(33(40)38-18-11-14-31(38)23-42-3)16-17-29(20-30)34(41)43-25-35(37,24-39)21-27-12-9-6-7-10-13-27/h4-6,8-10,12-13,15,17,19-20,31-32,39H,2,11,14,16,18,21,23-25,37H2,1,3H3/b5-4-,15-8?. The Labute approximate surface area is 254 Å². The van der Waals surface area contributed by atoms with E-state index in [9.17, 15) is 20.0 Å². The maximum Gasteiger partial charge on any atom is 0.337 e. The highest BCUT2D eigenvalue weighted by Gasteiger charge is 2.32.